The molecule has 3 N–H and O–H groups in total. The van der Waals surface area contributed by atoms with Crippen molar-refractivity contribution >= 4 is 11.4 Å². The Kier molecular flexibility index (Phi) is 3.22. The van der Waals surface area contributed by atoms with E-state index in [0.717, 1.165) is 24.2 Å². The highest BCUT2D eigenvalue weighted by molar-refractivity contribution is 5.51. The lowest BCUT2D eigenvalue weighted by Crippen LogP contribution is -2.18. The fourth-order valence-electron chi connectivity index (χ4n) is 2.85. The lowest BCUT2D eigenvalue weighted by molar-refractivity contribution is 0.718. The quantitative estimate of drug-likeness (QED) is 0.842. The molecular formula is C16H19N3O. The Morgan fingerprint density at radius 2 is 2.20 bits per heavy atom. The normalized spacial score (nSPS) is 16.9. The lowest BCUT2D eigenvalue weighted by atomic mass is 10.1. The van der Waals surface area contributed by atoms with E-state index in [2.05, 4.69) is 17.4 Å². The molecule has 0 amide bonds. The van der Waals surface area contributed by atoms with Gasteiger partial charge >= 0.3 is 0 Å². The molecule has 0 aliphatic heterocycles. The highest BCUT2D eigenvalue weighted by Crippen LogP contribution is 2.34. The average Bonchev–Trinajstić information content (AvgIpc) is 2.83. The van der Waals surface area contributed by atoms with E-state index in [0.29, 0.717) is 12.6 Å². The van der Waals surface area contributed by atoms with Crippen molar-refractivity contribution in [1.82, 2.24) is 4.57 Å². The van der Waals surface area contributed by atoms with Crippen molar-refractivity contribution in [1.29, 1.82) is 0 Å². The number of nitrogens with two attached hydrogens (primary N) is 1. The summed E-state index contributed by atoms with van der Waals surface area (Å²) in [4.78, 5) is 11.6. The van der Waals surface area contributed by atoms with Crippen LogP contribution in [0.5, 0.6) is 0 Å². The van der Waals surface area contributed by atoms with Gasteiger partial charge < -0.3 is 15.6 Å². The van der Waals surface area contributed by atoms with Gasteiger partial charge in [0.2, 0.25) is 0 Å². The fraction of sp³-hybridized carbons (Fsp3) is 0.312. The van der Waals surface area contributed by atoms with Gasteiger partial charge in [-0.1, -0.05) is 6.07 Å². The highest BCUT2D eigenvalue weighted by Gasteiger charge is 2.22. The third kappa shape index (κ3) is 2.29. The van der Waals surface area contributed by atoms with E-state index >= 15 is 0 Å². The molecule has 4 heteroatoms. The molecule has 2 aromatic rings. The van der Waals surface area contributed by atoms with Gasteiger partial charge in [-0.05, 0) is 49.1 Å². The Bertz CT molecular complexity index is 690. The minimum atomic E-state index is 0.0395. The first-order valence-electron chi connectivity index (χ1n) is 7.02. The summed E-state index contributed by atoms with van der Waals surface area (Å²) < 4.78 is 1.71. The van der Waals surface area contributed by atoms with Crippen molar-refractivity contribution in [3.63, 3.8) is 0 Å². The maximum Gasteiger partial charge on any atom is 0.250 e. The number of fused-ring (bicyclic) bond motifs is 1. The summed E-state index contributed by atoms with van der Waals surface area (Å²) in [5.74, 6) is 0. The molecule has 1 aromatic carbocycles. The number of nitrogens with zero attached hydrogens (tertiary/aromatic N) is 1. The summed E-state index contributed by atoms with van der Waals surface area (Å²) in [6, 6.07) is 9.88. The van der Waals surface area contributed by atoms with Gasteiger partial charge in [0.1, 0.15) is 0 Å². The molecule has 3 rings (SSSR count). The molecule has 0 spiro atoms. The van der Waals surface area contributed by atoms with E-state index in [1.165, 1.54) is 11.1 Å². The second-order valence-electron chi connectivity index (χ2n) is 5.24. The molecule has 0 radical (unpaired) electrons. The number of pyridine rings is 1. The van der Waals surface area contributed by atoms with E-state index < -0.39 is 0 Å². The summed E-state index contributed by atoms with van der Waals surface area (Å²) in [7, 11) is 0. The van der Waals surface area contributed by atoms with Crippen LogP contribution in [0, 0.1) is 0 Å². The van der Waals surface area contributed by atoms with Gasteiger partial charge in [0.15, 0.2) is 0 Å². The van der Waals surface area contributed by atoms with Gasteiger partial charge in [-0.2, -0.15) is 0 Å². The van der Waals surface area contributed by atoms with Crippen LogP contribution in [0.15, 0.2) is 41.3 Å². The minimum Gasteiger partial charge on any atom is -0.399 e. The third-order valence-electron chi connectivity index (χ3n) is 3.91. The Labute approximate surface area is 118 Å². The number of aryl methyl sites for hydroxylation is 2. The molecule has 4 nitrogen and oxygen atoms in total. The summed E-state index contributed by atoms with van der Waals surface area (Å²) in [5, 5.41) is 3.52. The Balaban J connectivity index is 1.85. The molecule has 1 heterocycles. The number of aromatic nitrogens is 1. The Morgan fingerprint density at radius 1 is 1.35 bits per heavy atom. The van der Waals surface area contributed by atoms with Crippen LogP contribution in [0.25, 0.3) is 0 Å². The van der Waals surface area contributed by atoms with Crippen LogP contribution < -0.4 is 16.6 Å². The predicted octanol–water partition coefficient (Wildman–Crippen LogP) is 2.55. The molecule has 1 aliphatic rings. The summed E-state index contributed by atoms with van der Waals surface area (Å²) in [5.41, 5.74) is 10.3. The van der Waals surface area contributed by atoms with Crippen LogP contribution in [-0.2, 0) is 13.0 Å². The summed E-state index contributed by atoms with van der Waals surface area (Å²) >= 11 is 0. The van der Waals surface area contributed by atoms with Crippen LogP contribution in [0.1, 0.15) is 30.5 Å². The molecule has 0 bridgehead atoms. The van der Waals surface area contributed by atoms with Crippen molar-refractivity contribution in [3.8, 4) is 0 Å². The molecule has 104 valence electrons. The van der Waals surface area contributed by atoms with E-state index in [4.69, 9.17) is 5.73 Å². The van der Waals surface area contributed by atoms with E-state index in [-0.39, 0.29) is 5.56 Å². The number of nitrogens with one attached hydrogen (secondary N) is 1. The maximum atomic E-state index is 11.6. The Morgan fingerprint density at radius 3 is 3.00 bits per heavy atom. The van der Waals surface area contributed by atoms with Gasteiger partial charge in [-0.25, -0.2) is 0 Å². The predicted molar refractivity (Wildman–Crippen MR) is 81.9 cm³/mol. The third-order valence-corrected chi connectivity index (χ3v) is 3.91. The number of anilines is 2. The second kappa shape index (κ2) is 5.04. The van der Waals surface area contributed by atoms with Crippen molar-refractivity contribution < 1.29 is 0 Å². The van der Waals surface area contributed by atoms with E-state index in [1.807, 2.05) is 25.3 Å². The number of rotatable bonds is 3. The van der Waals surface area contributed by atoms with Crippen molar-refractivity contribution in [3.05, 3.63) is 58.0 Å². The Hall–Kier alpha value is -2.23. The second-order valence-corrected chi connectivity index (χ2v) is 5.24. The SMILES string of the molecule is CCn1cc(NC2CCc3cc(N)ccc32)ccc1=O. The zero-order chi connectivity index (χ0) is 14.1. The zero-order valence-corrected chi connectivity index (χ0v) is 11.6. The molecule has 0 saturated carbocycles. The standard InChI is InChI=1S/C16H19N3O/c1-2-19-10-13(5-8-16(19)20)18-15-7-3-11-9-12(17)4-6-14(11)15/h4-6,8-10,15,18H,2-3,7,17H2,1H3. The maximum absolute atomic E-state index is 11.6. The van der Waals surface area contributed by atoms with Gasteiger partial charge in [-0.3, -0.25) is 4.79 Å². The summed E-state index contributed by atoms with van der Waals surface area (Å²) in [6.45, 7) is 2.66. The van der Waals surface area contributed by atoms with Crippen LogP contribution >= 0.6 is 0 Å². The number of hydrogen-bond donors (Lipinski definition) is 2. The molecular weight excluding hydrogens is 250 g/mol. The monoisotopic (exact) mass is 269 g/mol. The summed E-state index contributed by atoms with van der Waals surface area (Å²) in [6.07, 6.45) is 3.99. The molecule has 20 heavy (non-hydrogen) atoms. The molecule has 1 aromatic heterocycles. The molecule has 1 aliphatic carbocycles. The van der Waals surface area contributed by atoms with Gasteiger partial charge in [-0.15, -0.1) is 0 Å². The van der Waals surface area contributed by atoms with Gasteiger partial charge in [0.05, 0.1) is 11.7 Å². The first-order chi connectivity index (χ1) is 9.67. The van der Waals surface area contributed by atoms with Crippen LogP contribution in [0.4, 0.5) is 11.4 Å². The molecule has 0 saturated heterocycles. The van der Waals surface area contributed by atoms with Crippen LogP contribution in [0.3, 0.4) is 0 Å². The number of nitrogen functional groups attached to an aromatic ring is 1. The topological polar surface area (TPSA) is 60.1 Å². The zero-order valence-electron chi connectivity index (χ0n) is 11.6. The molecule has 1 unspecified atom stereocenters. The number of hydrogen-bond acceptors (Lipinski definition) is 3. The van der Waals surface area contributed by atoms with E-state index in [9.17, 15) is 4.79 Å². The number of benzene rings is 1. The van der Waals surface area contributed by atoms with Crippen molar-refractivity contribution in [2.75, 3.05) is 11.1 Å². The lowest BCUT2D eigenvalue weighted by Gasteiger charge is -2.16. The van der Waals surface area contributed by atoms with Crippen molar-refractivity contribution in [2.45, 2.75) is 32.4 Å². The first-order valence-corrected chi connectivity index (χ1v) is 7.02. The van der Waals surface area contributed by atoms with Gasteiger partial charge in [0, 0.05) is 24.5 Å². The largest absolute Gasteiger partial charge is 0.399 e. The minimum absolute atomic E-state index is 0.0395. The first kappa shape index (κ1) is 12.8. The van der Waals surface area contributed by atoms with E-state index in [1.54, 1.807) is 10.6 Å². The van der Waals surface area contributed by atoms with Crippen LogP contribution in [0.2, 0.25) is 0 Å². The highest BCUT2D eigenvalue weighted by atomic mass is 16.1. The fourth-order valence-corrected chi connectivity index (χ4v) is 2.85. The average molecular weight is 269 g/mol. The molecule has 0 fully saturated rings. The molecule has 1 atom stereocenters. The smallest absolute Gasteiger partial charge is 0.250 e. The van der Waals surface area contributed by atoms with Gasteiger partial charge in [0.25, 0.3) is 5.56 Å². The van der Waals surface area contributed by atoms with Crippen molar-refractivity contribution in [2.24, 2.45) is 0 Å². The van der Waals surface area contributed by atoms with Crippen LogP contribution in [-0.4, -0.2) is 4.57 Å².